The van der Waals surface area contributed by atoms with Gasteiger partial charge in [0, 0.05) is 10.8 Å². The minimum absolute atomic E-state index is 0.0474. The van der Waals surface area contributed by atoms with Gasteiger partial charge in [0.05, 0.1) is 24.9 Å². The lowest BCUT2D eigenvalue weighted by atomic mass is 9.89. The van der Waals surface area contributed by atoms with Crippen LogP contribution >= 0.6 is 0 Å². The molecule has 6 nitrogen and oxygen atoms in total. The quantitative estimate of drug-likeness (QED) is 0.385. The van der Waals surface area contributed by atoms with Gasteiger partial charge >= 0.3 is 0 Å². The van der Waals surface area contributed by atoms with Crippen LogP contribution in [-0.2, 0) is 4.74 Å². The Bertz CT molecular complexity index is 242. The smallest absolute Gasteiger partial charge is 0.106 e. The van der Waals surface area contributed by atoms with E-state index in [9.17, 15) is 10.2 Å². The highest BCUT2D eigenvalue weighted by atomic mass is 16.5. The molecule has 0 aliphatic carbocycles. The monoisotopic (exact) mass is 201 g/mol. The second-order valence-corrected chi connectivity index (χ2v) is 3.63. The van der Waals surface area contributed by atoms with Crippen molar-refractivity contribution in [3.05, 3.63) is 10.4 Å². The standard InChI is InChI=1S/C8H15N3O3/c1-4-5(2)14-6(3-10-11-9)8(13)7(4)12/h4-8,12-13H,3H2,1-2H3/t4?,5-,6?,7-,8-/m1/s1. The van der Waals surface area contributed by atoms with E-state index in [2.05, 4.69) is 10.0 Å². The third-order valence-corrected chi connectivity index (χ3v) is 2.72. The van der Waals surface area contributed by atoms with E-state index >= 15 is 0 Å². The van der Waals surface area contributed by atoms with Crippen LogP contribution in [0.3, 0.4) is 0 Å². The number of ether oxygens (including phenoxy) is 1. The molecule has 2 unspecified atom stereocenters. The van der Waals surface area contributed by atoms with E-state index < -0.39 is 18.3 Å². The molecular weight excluding hydrogens is 186 g/mol. The van der Waals surface area contributed by atoms with Crippen LogP contribution in [-0.4, -0.2) is 41.2 Å². The van der Waals surface area contributed by atoms with Crippen molar-refractivity contribution in [3.8, 4) is 0 Å². The molecule has 1 rings (SSSR count). The van der Waals surface area contributed by atoms with Crippen molar-refractivity contribution in [3.63, 3.8) is 0 Å². The molecule has 5 atom stereocenters. The van der Waals surface area contributed by atoms with Crippen molar-refractivity contribution in [1.82, 2.24) is 0 Å². The van der Waals surface area contributed by atoms with Crippen molar-refractivity contribution in [2.24, 2.45) is 11.0 Å². The zero-order valence-electron chi connectivity index (χ0n) is 8.24. The molecule has 1 fully saturated rings. The third kappa shape index (κ3) is 2.16. The SMILES string of the molecule is CC1[C@@H](O)[C@H](O)C(CN=[N+]=[N-])O[C@@H]1C. The Hall–Kier alpha value is -0.810. The number of azide groups is 1. The van der Waals surface area contributed by atoms with Crippen molar-refractivity contribution in [1.29, 1.82) is 0 Å². The Labute approximate surface area is 82.1 Å². The second-order valence-electron chi connectivity index (χ2n) is 3.63. The molecule has 0 bridgehead atoms. The maximum Gasteiger partial charge on any atom is 0.106 e. The molecule has 14 heavy (non-hydrogen) atoms. The van der Waals surface area contributed by atoms with Crippen LogP contribution in [0.25, 0.3) is 10.4 Å². The Balaban J connectivity index is 2.64. The summed E-state index contributed by atoms with van der Waals surface area (Å²) in [5.74, 6) is -0.118. The Morgan fingerprint density at radius 3 is 2.57 bits per heavy atom. The van der Waals surface area contributed by atoms with Crippen LogP contribution in [0.2, 0.25) is 0 Å². The van der Waals surface area contributed by atoms with E-state index in [-0.39, 0.29) is 18.6 Å². The summed E-state index contributed by atoms with van der Waals surface area (Å²) in [6, 6.07) is 0. The molecule has 1 aliphatic heterocycles. The average molecular weight is 201 g/mol. The number of hydrogen-bond acceptors (Lipinski definition) is 4. The van der Waals surface area contributed by atoms with Crippen molar-refractivity contribution < 1.29 is 14.9 Å². The highest BCUT2D eigenvalue weighted by Gasteiger charge is 2.39. The van der Waals surface area contributed by atoms with Crippen LogP contribution < -0.4 is 0 Å². The summed E-state index contributed by atoms with van der Waals surface area (Å²) < 4.78 is 5.41. The molecule has 80 valence electrons. The first-order chi connectivity index (χ1) is 6.57. The number of aliphatic hydroxyl groups excluding tert-OH is 2. The molecule has 1 saturated heterocycles. The number of nitrogens with zero attached hydrogens (tertiary/aromatic N) is 3. The molecule has 0 radical (unpaired) electrons. The minimum Gasteiger partial charge on any atom is -0.390 e. The normalized spacial score (nSPS) is 43.0. The van der Waals surface area contributed by atoms with E-state index in [1.165, 1.54) is 0 Å². The molecule has 2 N–H and O–H groups in total. The van der Waals surface area contributed by atoms with E-state index in [4.69, 9.17) is 10.3 Å². The van der Waals surface area contributed by atoms with Gasteiger partial charge in [0.2, 0.25) is 0 Å². The van der Waals surface area contributed by atoms with Gasteiger partial charge in [0.25, 0.3) is 0 Å². The van der Waals surface area contributed by atoms with Gasteiger partial charge in [-0.05, 0) is 12.5 Å². The molecule has 0 aromatic carbocycles. The summed E-state index contributed by atoms with van der Waals surface area (Å²) in [7, 11) is 0. The molecule has 1 heterocycles. The fraction of sp³-hybridized carbons (Fsp3) is 1.00. The average Bonchev–Trinajstić information content (AvgIpc) is 2.18. The van der Waals surface area contributed by atoms with Crippen LogP contribution in [0.5, 0.6) is 0 Å². The Morgan fingerprint density at radius 1 is 1.36 bits per heavy atom. The highest BCUT2D eigenvalue weighted by Crippen LogP contribution is 2.25. The number of aliphatic hydroxyl groups is 2. The summed E-state index contributed by atoms with van der Waals surface area (Å²) in [6.45, 7) is 3.68. The lowest BCUT2D eigenvalue weighted by molar-refractivity contribution is -0.187. The summed E-state index contributed by atoms with van der Waals surface area (Å²) in [6.07, 6.45) is -2.55. The van der Waals surface area contributed by atoms with Gasteiger partial charge < -0.3 is 14.9 Å². The van der Waals surface area contributed by atoms with Crippen molar-refractivity contribution >= 4 is 0 Å². The third-order valence-electron chi connectivity index (χ3n) is 2.72. The van der Waals surface area contributed by atoms with E-state index in [0.717, 1.165) is 0 Å². The fourth-order valence-corrected chi connectivity index (χ4v) is 1.56. The lowest BCUT2D eigenvalue weighted by Gasteiger charge is -2.39. The molecule has 0 saturated carbocycles. The summed E-state index contributed by atoms with van der Waals surface area (Å²) in [4.78, 5) is 2.59. The molecule has 6 heteroatoms. The first-order valence-corrected chi connectivity index (χ1v) is 4.60. The van der Waals surface area contributed by atoms with Crippen LogP contribution in [0.4, 0.5) is 0 Å². The molecule has 0 amide bonds. The Morgan fingerprint density at radius 2 is 2.00 bits per heavy atom. The number of rotatable bonds is 2. The first kappa shape index (κ1) is 11.3. The molecule has 1 aliphatic rings. The number of hydrogen-bond donors (Lipinski definition) is 2. The van der Waals surface area contributed by atoms with Gasteiger partial charge in [-0.15, -0.1) is 0 Å². The van der Waals surface area contributed by atoms with Crippen molar-refractivity contribution in [2.75, 3.05) is 6.54 Å². The summed E-state index contributed by atoms with van der Waals surface area (Å²) in [5, 5.41) is 22.5. The van der Waals surface area contributed by atoms with Gasteiger partial charge in [0.15, 0.2) is 0 Å². The summed E-state index contributed by atoms with van der Waals surface area (Å²) >= 11 is 0. The predicted octanol–water partition coefficient (Wildman–Crippen LogP) is 0.442. The highest BCUT2D eigenvalue weighted by molar-refractivity contribution is 4.89. The first-order valence-electron chi connectivity index (χ1n) is 4.60. The minimum atomic E-state index is -0.980. The van der Waals surface area contributed by atoms with Gasteiger partial charge in [-0.25, -0.2) is 0 Å². The molecular formula is C8H15N3O3. The molecule has 0 spiro atoms. The van der Waals surface area contributed by atoms with E-state index in [1.807, 2.05) is 13.8 Å². The largest absolute Gasteiger partial charge is 0.390 e. The Kier molecular flexibility index (Phi) is 3.71. The van der Waals surface area contributed by atoms with Crippen LogP contribution in [0.15, 0.2) is 5.11 Å². The maximum absolute atomic E-state index is 9.62. The van der Waals surface area contributed by atoms with Crippen LogP contribution in [0, 0.1) is 5.92 Å². The second kappa shape index (κ2) is 4.61. The van der Waals surface area contributed by atoms with E-state index in [1.54, 1.807) is 0 Å². The van der Waals surface area contributed by atoms with Gasteiger partial charge in [-0.2, -0.15) is 0 Å². The van der Waals surface area contributed by atoms with Crippen molar-refractivity contribution in [2.45, 2.75) is 38.3 Å². The van der Waals surface area contributed by atoms with Gasteiger partial charge in [-0.3, -0.25) is 0 Å². The molecule has 0 aromatic heterocycles. The zero-order chi connectivity index (χ0) is 10.7. The maximum atomic E-state index is 9.62. The topological polar surface area (TPSA) is 98.5 Å². The summed E-state index contributed by atoms with van der Waals surface area (Å²) in [5.41, 5.74) is 8.13. The fourth-order valence-electron chi connectivity index (χ4n) is 1.56. The molecule has 0 aromatic rings. The van der Waals surface area contributed by atoms with Gasteiger partial charge in [0.1, 0.15) is 6.10 Å². The predicted molar refractivity (Wildman–Crippen MR) is 49.5 cm³/mol. The van der Waals surface area contributed by atoms with E-state index in [0.29, 0.717) is 0 Å². The zero-order valence-corrected chi connectivity index (χ0v) is 8.24. The van der Waals surface area contributed by atoms with Gasteiger partial charge in [-0.1, -0.05) is 12.0 Å². The lowest BCUT2D eigenvalue weighted by Crippen LogP contribution is -2.53. The van der Waals surface area contributed by atoms with Crippen LogP contribution in [0.1, 0.15) is 13.8 Å².